The molecule has 220 valence electrons. The van der Waals surface area contributed by atoms with Gasteiger partial charge in [0.1, 0.15) is 36.5 Å². The lowest BCUT2D eigenvalue weighted by atomic mass is 10.1. The molecule has 4 rings (SSSR count). The van der Waals surface area contributed by atoms with Crippen LogP contribution >= 0.6 is 46.4 Å². The summed E-state index contributed by atoms with van der Waals surface area (Å²) in [7, 11) is 3.10. The number of benzene rings is 3. The van der Waals surface area contributed by atoms with Gasteiger partial charge in [0.05, 0.1) is 26.5 Å². The van der Waals surface area contributed by atoms with Gasteiger partial charge in [0, 0.05) is 31.7 Å². The van der Waals surface area contributed by atoms with Crippen molar-refractivity contribution in [1.82, 2.24) is 4.57 Å². The Hall–Kier alpha value is -2.69. The number of carbonyl (C=O) groups is 1. The molecule has 0 radical (unpaired) electrons. The SMILES string of the molecule is COc1ccc(OC)c(NC(=O)Cn2cc[n+](CC(OCc3ccc(Cl)cc3Cl)c3ccc(Cl)cc3Cl)c2)c1.O.[Cl-]. The molecule has 1 unspecified atom stereocenters. The Balaban J connectivity index is 0.00000294. The summed E-state index contributed by atoms with van der Waals surface area (Å²) >= 11 is 25.0. The molecular formula is C28H28Cl5N3O5. The van der Waals surface area contributed by atoms with Gasteiger partial charge in [-0.15, -0.1) is 0 Å². The minimum absolute atomic E-state index is 0. The van der Waals surface area contributed by atoms with Gasteiger partial charge in [-0.1, -0.05) is 58.5 Å². The van der Waals surface area contributed by atoms with E-state index in [1.807, 2.05) is 29.2 Å². The van der Waals surface area contributed by atoms with Gasteiger partial charge in [0.2, 0.25) is 6.33 Å². The van der Waals surface area contributed by atoms with Crippen molar-refractivity contribution in [2.45, 2.75) is 25.8 Å². The molecule has 1 amide bonds. The maximum Gasteiger partial charge on any atom is 0.266 e. The molecule has 0 aliphatic rings. The lowest BCUT2D eigenvalue weighted by Gasteiger charge is -2.19. The second kappa shape index (κ2) is 16.1. The van der Waals surface area contributed by atoms with Crippen LogP contribution in [0.4, 0.5) is 5.69 Å². The van der Waals surface area contributed by atoms with Gasteiger partial charge in [-0.05, 0) is 42.0 Å². The zero-order valence-electron chi connectivity index (χ0n) is 22.0. The number of methoxy groups -OCH3 is 2. The summed E-state index contributed by atoms with van der Waals surface area (Å²) < 4.78 is 20.6. The molecule has 4 aromatic rings. The van der Waals surface area contributed by atoms with E-state index in [1.165, 1.54) is 0 Å². The average molecular weight is 664 g/mol. The summed E-state index contributed by atoms with van der Waals surface area (Å²) in [6.45, 7) is 0.748. The fourth-order valence-electron chi connectivity index (χ4n) is 3.93. The predicted octanol–water partition coefficient (Wildman–Crippen LogP) is 3.18. The maximum atomic E-state index is 12.8. The molecule has 0 aliphatic carbocycles. The Morgan fingerprint density at radius 1 is 0.951 bits per heavy atom. The maximum absolute atomic E-state index is 12.8. The highest BCUT2D eigenvalue weighted by Crippen LogP contribution is 2.31. The van der Waals surface area contributed by atoms with E-state index in [0.29, 0.717) is 43.8 Å². The summed E-state index contributed by atoms with van der Waals surface area (Å²) in [5.41, 5.74) is 2.09. The van der Waals surface area contributed by atoms with E-state index in [1.54, 1.807) is 67.4 Å². The number of rotatable bonds is 11. The molecule has 0 saturated heterocycles. The van der Waals surface area contributed by atoms with Crippen molar-refractivity contribution in [2.24, 2.45) is 0 Å². The van der Waals surface area contributed by atoms with E-state index in [2.05, 4.69) is 5.32 Å². The van der Waals surface area contributed by atoms with Crippen LogP contribution in [0.2, 0.25) is 20.1 Å². The van der Waals surface area contributed by atoms with Gasteiger partial charge in [0.25, 0.3) is 5.91 Å². The number of ether oxygens (including phenoxy) is 3. The molecule has 0 fully saturated rings. The average Bonchev–Trinajstić information content (AvgIpc) is 3.33. The molecule has 1 atom stereocenters. The molecule has 13 heteroatoms. The number of aromatic nitrogens is 2. The van der Waals surface area contributed by atoms with Gasteiger partial charge < -0.3 is 37.4 Å². The number of imidazole rings is 1. The summed E-state index contributed by atoms with van der Waals surface area (Å²) in [6.07, 6.45) is 5.04. The second-order valence-electron chi connectivity index (χ2n) is 8.60. The highest BCUT2D eigenvalue weighted by atomic mass is 35.5. The summed E-state index contributed by atoms with van der Waals surface area (Å²) in [5.74, 6) is 0.916. The van der Waals surface area contributed by atoms with Crippen LogP contribution in [0.5, 0.6) is 11.5 Å². The smallest absolute Gasteiger partial charge is 0.266 e. The van der Waals surface area contributed by atoms with E-state index >= 15 is 0 Å². The molecule has 0 spiro atoms. The van der Waals surface area contributed by atoms with Gasteiger partial charge in [-0.25, -0.2) is 9.13 Å². The Morgan fingerprint density at radius 3 is 2.32 bits per heavy atom. The zero-order valence-corrected chi connectivity index (χ0v) is 25.8. The van der Waals surface area contributed by atoms with E-state index in [9.17, 15) is 4.79 Å². The molecule has 0 saturated carbocycles. The monoisotopic (exact) mass is 661 g/mol. The zero-order chi connectivity index (χ0) is 27.9. The quantitative estimate of drug-likeness (QED) is 0.250. The molecular weight excluding hydrogens is 636 g/mol. The molecule has 3 aromatic carbocycles. The second-order valence-corrected chi connectivity index (χ2v) is 10.3. The van der Waals surface area contributed by atoms with Crippen molar-refractivity contribution < 1.29 is 41.5 Å². The van der Waals surface area contributed by atoms with Gasteiger partial charge in [-0.3, -0.25) is 4.79 Å². The van der Waals surface area contributed by atoms with Crippen LogP contribution in [0.1, 0.15) is 17.2 Å². The van der Waals surface area contributed by atoms with E-state index in [4.69, 9.17) is 60.6 Å². The highest BCUT2D eigenvalue weighted by molar-refractivity contribution is 6.35. The first-order valence-corrected chi connectivity index (χ1v) is 13.3. The lowest BCUT2D eigenvalue weighted by molar-refractivity contribution is -0.704. The van der Waals surface area contributed by atoms with Crippen LogP contribution in [-0.4, -0.2) is 30.2 Å². The number of amides is 1. The standard InChI is InChI=1S/C28H25Cl4N3O4.ClH.H2O/c1-37-21-6-8-26(38-2)25(13-21)33-28(36)15-35-10-9-34(17-35)14-27(22-7-5-20(30)12-24(22)32)39-16-18-3-4-19(29)11-23(18)31;;/h3-13,17,27H,14-16H2,1-2H3;1H;1H2. The minimum Gasteiger partial charge on any atom is -1.00 e. The van der Waals surface area contributed by atoms with Crippen LogP contribution in [0, 0.1) is 0 Å². The fraction of sp³-hybridized carbons (Fsp3) is 0.214. The Bertz CT molecular complexity index is 1470. The van der Waals surface area contributed by atoms with Gasteiger partial charge in [0.15, 0.2) is 6.54 Å². The van der Waals surface area contributed by atoms with Gasteiger partial charge >= 0.3 is 0 Å². The van der Waals surface area contributed by atoms with E-state index < -0.39 is 6.10 Å². The lowest BCUT2D eigenvalue weighted by Crippen LogP contribution is -3.00. The molecule has 1 heterocycles. The molecule has 1 aromatic heterocycles. The summed E-state index contributed by atoms with van der Waals surface area (Å²) in [5, 5.41) is 4.95. The number of anilines is 1. The number of halogens is 5. The van der Waals surface area contributed by atoms with Crippen LogP contribution in [0.25, 0.3) is 0 Å². The normalized spacial score (nSPS) is 11.2. The number of carbonyl (C=O) groups excluding carboxylic acids is 1. The molecule has 0 bridgehead atoms. The van der Waals surface area contributed by atoms with E-state index in [0.717, 1.165) is 11.1 Å². The third-order valence-corrected chi connectivity index (χ3v) is 7.04. The Labute approximate surface area is 264 Å². The van der Waals surface area contributed by atoms with Gasteiger partial charge in [-0.2, -0.15) is 0 Å². The predicted molar refractivity (Wildman–Crippen MR) is 157 cm³/mol. The number of hydrogen-bond acceptors (Lipinski definition) is 4. The van der Waals surface area contributed by atoms with Crippen LogP contribution in [0.15, 0.2) is 73.3 Å². The fourth-order valence-corrected chi connectivity index (χ4v) is 4.92. The third-order valence-electron chi connectivity index (χ3n) is 5.89. The molecule has 41 heavy (non-hydrogen) atoms. The molecule has 0 aliphatic heterocycles. The Kier molecular flexibility index (Phi) is 13.5. The topological polar surface area (TPSA) is 97.1 Å². The number of nitrogens with one attached hydrogen (secondary N) is 1. The Morgan fingerprint density at radius 2 is 1.66 bits per heavy atom. The minimum atomic E-state index is -0.433. The van der Waals surface area contributed by atoms with Crippen molar-refractivity contribution in [1.29, 1.82) is 0 Å². The number of hydrogen-bond donors (Lipinski definition) is 1. The summed E-state index contributed by atoms with van der Waals surface area (Å²) in [6, 6.07) is 15.7. The van der Waals surface area contributed by atoms with Crippen molar-refractivity contribution in [3.63, 3.8) is 0 Å². The van der Waals surface area contributed by atoms with Crippen LogP contribution in [-0.2, 0) is 29.2 Å². The highest BCUT2D eigenvalue weighted by Gasteiger charge is 2.21. The largest absolute Gasteiger partial charge is 1.00 e. The number of nitrogens with zero attached hydrogens (tertiary/aromatic N) is 2. The third kappa shape index (κ3) is 9.41. The molecule has 8 nitrogen and oxygen atoms in total. The first-order chi connectivity index (χ1) is 18.7. The van der Waals surface area contributed by atoms with E-state index in [-0.39, 0.29) is 36.9 Å². The van der Waals surface area contributed by atoms with Crippen molar-refractivity contribution in [2.75, 3.05) is 19.5 Å². The van der Waals surface area contributed by atoms with Crippen molar-refractivity contribution in [3.05, 3.63) is 105 Å². The summed E-state index contributed by atoms with van der Waals surface area (Å²) in [4.78, 5) is 12.8. The van der Waals surface area contributed by atoms with Crippen LogP contribution < -0.4 is 31.8 Å². The molecule has 3 N–H and O–H groups in total. The van der Waals surface area contributed by atoms with Crippen molar-refractivity contribution >= 4 is 58.0 Å². The van der Waals surface area contributed by atoms with Crippen LogP contribution in [0.3, 0.4) is 0 Å². The first kappa shape index (κ1) is 34.5. The van der Waals surface area contributed by atoms with Crippen molar-refractivity contribution in [3.8, 4) is 11.5 Å². The first-order valence-electron chi connectivity index (χ1n) is 11.8.